The van der Waals surface area contributed by atoms with Gasteiger partial charge < -0.3 is 10.1 Å². The first-order chi connectivity index (χ1) is 15.2. The number of amides is 2. The molecular formula is C24H41N3O6. The molecule has 0 saturated carbocycles. The number of carbonyl (C=O) groups excluding carboxylic acids is 5. The van der Waals surface area contributed by atoms with Crippen LogP contribution in [0.5, 0.6) is 0 Å². The van der Waals surface area contributed by atoms with Gasteiger partial charge in [-0.05, 0) is 30.1 Å². The second-order valence-corrected chi connectivity index (χ2v) is 10.9. The largest absolute Gasteiger partial charge is 0.465 e. The SMILES string of the molecule is CC(C)CC(NC(=O)C(CC(=O)OCC(C)(C)C)C(C)C)C(=O)CC1CCNNC(=O)C1=O. The molecule has 1 rings (SSSR count). The lowest BCUT2D eigenvalue weighted by Crippen LogP contribution is -2.47. The van der Waals surface area contributed by atoms with Crippen molar-refractivity contribution in [3.05, 3.63) is 0 Å². The van der Waals surface area contributed by atoms with Gasteiger partial charge in [0.2, 0.25) is 11.7 Å². The molecule has 188 valence electrons. The number of nitrogens with one attached hydrogen (secondary N) is 3. The van der Waals surface area contributed by atoms with Crippen molar-refractivity contribution in [2.24, 2.45) is 29.1 Å². The van der Waals surface area contributed by atoms with Crippen molar-refractivity contribution in [3.63, 3.8) is 0 Å². The Kier molecular flexibility index (Phi) is 11.2. The zero-order valence-electron chi connectivity index (χ0n) is 21.1. The Morgan fingerprint density at radius 1 is 1.12 bits per heavy atom. The van der Waals surface area contributed by atoms with Gasteiger partial charge >= 0.3 is 11.9 Å². The van der Waals surface area contributed by atoms with Gasteiger partial charge in [0.15, 0.2) is 5.78 Å². The van der Waals surface area contributed by atoms with E-state index in [-0.39, 0.29) is 48.4 Å². The molecule has 2 amide bonds. The van der Waals surface area contributed by atoms with E-state index in [0.29, 0.717) is 19.4 Å². The maximum atomic E-state index is 13.1. The molecule has 33 heavy (non-hydrogen) atoms. The predicted octanol–water partition coefficient (Wildman–Crippen LogP) is 1.94. The second kappa shape index (κ2) is 12.8. The number of hydrazine groups is 1. The van der Waals surface area contributed by atoms with Crippen molar-refractivity contribution >= 4 is 29.4 Å². The van der Waals surface area contributed by atoms with E-state index in [1.54, 1.807) is 0 Å². The number of carbonyl (C=O) groups is 5. The van der Waals surface area contributed by atoms with Crippen molar-refractivity contribution in [2.45, 2.75) is 80.2 Å². The number of rotatable bonds is 11. The van der Waals surface area contributed by atoms with Gasteiger partial charge in [0.05, 0.1) is 25.0 Å². The van der Waals surface area contributed by atoms with Crippen LogP contribution in [0.15, 0.2) is 0 Å². The summed E-state index contributed by atoms with van der Waals surface area (Å²) in [5.41, 5.74) is 4.76. The summed E-state index contributed by atoms with van der Waals surface area (Å²) in [5.74, 6) is -3.92. The molecule has 0 bridgehead atoms. The summed E-state index contributed by atoms with van der Waals surface area (Å²) in [6.45, 7) is 14.0. The first-order valence-electron chi connectivity index (χ1n) is 11.8. The number of ether oxygens (including phenoxy) is 1. The molecular weight excluding hydrogens is 426 g/mol. The van der Waals surface area contributed by atoms with Crippen LogP contribution in [-0.2, 0) is 28.7 Å². The number of hydrogen-bond acceptors (Lipinski definition) is 7. The van der Waals surface area contributed by atoms with Gasteiger partial charge in [-0.2, -0.15) is 0 Å². The smallest absolute Gasteiger partial charge is 0.306 e. The zero-order valence-corrected chi connectivity index (χ0v) is 21.1. The molecule has 0 aliphatic carbocycles. The van der Waals surface area contributed by atoms with Crippen molar-refractivity contribution in [1.82, 2.24) is 16.2 Å². The summed E-state index contributed by atoms with van der Waals surface area (Å²) in [4.78, 5) is 62.5. The van der Waals surface area contributed by atoms with Crippen LogP contribution in [0.25, 0.3) is 0 Å². The van der Waals surface area contributed by atoms with Gasteiger partial charge in [-0.15, -0.1) is 0 Å². The van der Waals surface area contributed by atoms with E-state index in [1.807, 2.05) is 48.5 Å². The molecule has 1 heterocycles. The minimum absolute atomic E-state index is 0.0743. The highest BCUT2D eigenvalue weighted by Gasteiger charge is 2.34. The molecule has 9 heteroatoms. The van der Waals surface area contributed by atoms with Gasteiger partial charge in [-0.25, -0.2) is 5.43 Å². The zero-order chi connectivity index (χ0) is 25.3. The average Bonchev–Trinajstić information content (AvgIpc) is 2.84. The lowest BCUT2D eigenvalue weighted by atomic mass is 9.87. The number of Topliss-reactive ketones (excluding diaryl/α,β-unsaturated/α-hetero) is 2. The van der Waals surface area contributed by atoms with Crippen molar-refractivity contribution in [1.29, 1.82) is 0 Å². The minimum Gasteiger partial charge on any atom is -0.465 e. The summed E-state index contributed by atoms with van der Waals surface area (Å²) in [5, 5.41) is 2.81. The Hall–Kier alpha value is -2.29. The summed E-state index contributed by atoms with van der Waals surface area (Å²) < 4.78 is 5.32. The first-order valence-corrected chi connectivity index (χ1v) is 11.8. The monoisotopic (exact) mass is 467 g/mol. The van der Waals surface area contributed by atoms with Gasteiger partial charge in [-0.3, -0.25) is 29.4 Å². The van der Waals surface area contributed by atoms with Gasteiger partial charge in [-0.1, -0.05) is 48.5 Å². The number of hydrogen-bond donors (Lipinski definition) is 3. The fourth-order valence-corrected chi connectivity index (χ4v) is 3.53. The predicted molar refractivity (Wildman–Crippen MR) is 124 cm³/mol. The van der Waals surface area contributed by atoms with Crippen LogP contribution >= 0.6 is 0 Å². The third kappa shape index (κ3) is 10.5. The molecule has 3 N–H and O–H groups in total. The van der Waals surface area contributed by atoms with Crippen LogP contribution in [0.2, 0.25) is 0 Å². The summed E-state index contributed by atoms with van der Waals surface area (Å²) in [6.07, 6.45) is 0.551. The van der Waals surface area contributed by atoms with E-state index in [4.69, 9.17) is 4.74 Å². The summed E-state index contributed by atoms with van der Waals surface area (Å²) in [7, 11) is 0. The topological polar surface area (TPSA) is 131 Å². The first kappa shape index (κ1) is 28.7. The van der Waals surface area contributed by atoms with Crippen LogP contribution in [0.1, 0.15) is 74.1 Å². The fraction of sp³-hybridized carbons (Fsp3) is 0.792. The van der Waals surface area contributed by atoms with Crippen molar-refractivity contribution in [3.8, 4) is 0 Å². The molecule has 0 aromatic carbocycles. The van der Waals surface area contributed by atoms with Crippen molar-refractivity contribution < 1.29 is 28.7 Å². The maximum absolute atomic E-state index is 13.1. The van der Waals surface area contributed by atoms with E-state index in [9.17, 15) is 24.0 Å². The molecule has 0 aromatic rings. The standard InChI is InChI=1S/C24H41N3O6/c1-14(2)10-18(19(28)11-16-8-9-25-27-23(32)21(16)30)26-22(31)17(15(3)4)12-20(29)33-13-24(5,6)7/h14-18,25H,8-13H2,1-7H3,(H,26,31)(H,27,32). The lowest BCUT2D eigenvalue weighted by molar-refractivity contribution is -0.150. The number of ketones is 2. The lowest BCUT2D eigenvalue weighted by Gasteiger charge is -2.26. The normalized spacial score (nSPS) is 19.0. The van der Waals surface area contributed by atoms with Crippen LogP contribution in [0.3, 0.4) is 0 Å². The number of esters is 1. The van der Waals surface area contributed by atoms with Crippen LogP contribution in [0.4, 0.5) is 0 Å². The molecule has 0 aromatic heterocycles. The van der Waals surface area contributed by atoms with E-state index in [1.165, 1.54) is 0 Å². The molecule has 1 aliphatic heterocycles. The minimum atomic E-state index is -0.795. The third-order valence-electron chi connectivity index (χ3n) is 5.47. The van der Waals surface area contributed by atoms with E-state index < -0.39 is 35.5 Å². The van der Waals surface area contributed by atoms with Gasteiger partial charge in [0.1, 0.15) is 0 Å². The average molecular weight is 468 g/mol. The molecule has 0 spiro atoms. The molecule has 9 nitrogen and oxygen atoms in total. The molecule has 3 atom stereocenters. The van der Waals surface area contributed by atoms with Gasteiger partial charge in [0, 0.05) is 18.9 Å². The Labute approximate surface area is 197 Å². The van der Waals surface area contributed by atoms with E-state index >= 15 is 0 Å². The quantitative estimate of drug-likeness (QED) is 0.313. The summed E-state index contributed by atoms with van der Waals surface area (Å²) >= 11 is 0. The van der Waals surface area contributed by atoms with Gasteiger partial charge in [0.25, 0.3) is 0 Å². The molecule has 3 unspecified atom stereocenters. The molecule has 1 fully saturated rings. The molecule has 0 radical (unpaired) electrons. The van der Waals surface area contributed by atoms with E-state index in [2.05, 4.69) is 16.2 Å². The Morgan fingerprint density at radius 3 is 2.30 bits per heavy atom. The highest BCUT2D eigenvalue weighted by Crippen LogP contribution is 2.21. The fourth-order valence-electron chi connectivity index (χ4n) is 3.53. The Morgan fingerprint density at radius 2 is 1.76 bits per heavy atom. The summed E-state index contributed by atoms with van der Waals surface area (Å²) in [6, 6.07) is -0.795. The molecule has 1 saturated heterocycles. The van der Waals surface area contributed by atoms with Crippen LogP contribution in [-0.4, -0.2) is 48.5 Å². The second-order valence-electron chi connectivity index (χ2n) is 10.9. The maximum Gasteiger partial charge on any atom is 0.306 e. The Balaban J connectivity index is 2.87. The van der Waals surface area contributed by atoms with Crippen molar-refractivity contribution in [2.75, 3.05) is 13.2 Å². The van der Waals surface area contributed by atoms with E-state index in [0.717, 1.165) is 0 Å². The van der Waals surface area contributed by atoms with Crippen LogP contribution < -0.4 is 16.2 Å². The highest BCUT2D eigenvalue weighted by atomic mass is 16.5. The highest BCUT2D eigenvalue weighted by molar-refractivity contribution is 6.37. The van der Waals surface area contributed by atoms with Crippen LogP contribution in [0, 0.1) is 29.1 Å². The molecule has 1 aliphatic rings. The third-order valence-corrected chi connectivity index (χ3v) is 5.47. The Bertz CT molecular complexity index is 726.